The summed E-state index contributed by atoms with van der Waals surface area (Å²) in [5, 5.41) is 0. The van der Waals surface area contributed by atoms with Crippen LogP contribution in [-0.4, -0.2) is 19.0 Å². The second kappa shape index (κ2) is 5.25. The number of hydrogen-bond donors (Lipinski definition) is 0. The highest BCUT2D eigenvalue weighted by molar-refractivity contribution is 5.60. The second-order valence-electron chi connectivity index (χ2n) is 5.01. The number of alkyl halides is 2. The van der Waals surface area contributed by atoms with Crippen LogP contribution < -0.4 is 4.90 Å². The first-order chi connectivity index (χ1) is 8.57. The molecule has 0 aromatic heterocycles. The Morgan fingerprint density at radius 1 is 1.17 bits per heavy atom. The van der Waals surface area contributed by atoms with E-state index in [9.17, 15) is 8.78 Å². The fourth-order valence-electron chi connectivity index (χ4n) is 2.78. The number of rotatable bonds is 3. The number of halogens is 2. The van der Waals surface area contributed by atoms with Gasteiger partial charge in [-0.25, -0.2) is 8.78 Å². The molecule has 0 radical (unpaired) electrons. The molecule has 1 saturated heterocycles. The van der Waals surface area contributed by atoms with E-state index in [0.29, 0.717) is 6.42 Å². The Morgan fingerprint density at radius 3 is 2.28 bits per heavy atom. The monoisotopic (exact) mass is 253 g/mol. The van der Waals surface area contributed by atoms with Crippen LogP contribution in [0.1, 0.15) is 37.8 Å². The molecule has 1 aliphatic rings. The lowest BCUT2D eigenvalue weighted by Crippen LogP contribution is -2.43. The van der Waals surface area contributed by atoms with E-state index in [1.807, 2.05) is 11.0 Å². The molecule has 1 aromatic rings. The maximum absolute atomic E-state index is 13.6. The van der Waals surface area contributed by atoms with E-state index in [4.69, 9.17) is 0 Å². The number of anilines is 1. The molecule has 0 aliphatic carbocycles. The molecule has 1 heterocycles. The number of aryl methyl sites for hydroxylation is 2. The van der Waals surface area contributed by atoms with Crippen LogP contribution in [0.5, 0.6) is 0 Å². The van der Waals surface area contributed by atoms with Crippen LogP contribution in [0.2, 0.25) is 0 Å². The van der Waals surface area contributed by atoms with Crippen LogP contribution in [0.4, 0.5) is 14.5 Å². The van der Waals surface area contributed by atoms with Crippen molar-refractivity contribution >= 4 is 5.69 Å². The van der Waals surface area contributed by atoms with E-state index in [-0.39, 0.29) is 13.0 Å². The predicted octanol–water partition coefficient (Wildman–Crippen LogP) is 4.05. The Labute approximate surface area is 108 Å². The lowest BCUT2D eigenvalue weighted by molar-refractivity contribution is -0.0117. The van der Waals surface area contributed by atoms with Crippen molar-refractivity contribution in [2.24, 2.45) is 0 Å². The number of hydrogen-bond acceptors (Lipinski definition) is 1. The fraction of sp³-hybridized carbons (Fsp3) is 0.600. The van der Waals surface area contributed by atoms with Crippen molar-refractivity contribution in [2.75, 3.05) is 18.0 Å². The maximum Gasteiger partial charge on any atom is 0.265 e. The molecule has 1 aliphatic heterocycles. The van der Waals surface area contributed by atoms with Gasteiger partial charge >= 0.3 is 0 Å². The highest BCUT2D eigenvalue weighted by Crippen LogP contribution is 2.34. The van der Waals surface area contributed by atoms with Gasteiger partial charge < -0.3 is 4.90 Å². The van der Waals surface area contributed by atoms with E-state index in [0.717, 1.165) is 25.1 Å². The van der Waals surface area contributed by atoms with Crippen LogP contribution in [0, 0.1) is 0 Å². The zero-order chi connectivity index (χ0) is 13.2. The van der Waals surface area contributed by atoms with E-state index in [1.54, 1.807) is 0 Å². The molecule has 1 aromatic carbocycles. The summed E-state index contributed by atoms with van der Waals surface area (Å²) in [7, 11) is 0. The first kappa shape index (κ1) is 13.3. The summed E-state index contributed by atoms with van der Waals surface area (Å²) in [6, 6.07) is 6.14. The molecule has 0 unspecified atom stereocenters. The lowest BCUT2D eigenvalue weighted by atomic mass is 9.99. The van der Waals surface area contributed by atoms with Gasteiger partial charge in [-0.05, 0) is 30.4 Å². The van der Waals surface area contributed by atoms with E-state index in [2.05, 4.69) is 26.0 Å². The summed E-state index contributed by atoms with van der Waals surface area (Å²) in [5.41, 5.74) is 3.43. The van der Waals surface area contributed by atoms with Crippen LogP contribution in [0.25, 0.3) is 0 Å². The molecular formula is C15H21F2N. The van der Waals surface area contributed by atoms with Gasteiger partial charge in [0.15, 0.2) is 0 Å². The molecule has 0 atom stereocenters. The van der Waals surface area contributed by atoms with Gasteiger partial charge in [0.1, 0.15) is 0 Å². The zero-order valence-corrected chi connectivity index (χ0v) is 11.2. The Morgan fingerprint density at radius 2 is 1.78 bits per heavy atom. The molecule has 0 bridgehead atoms. The molecule has 0 N–H and O–H groups in total. The third-order valence-electron chi connectivity index (χ3n) is 3.67. The molecule has 0 saturated carbocycles. The summed E-state index contributed by atoms with van der Waals surface area (Å²) in [6.45, 7) is 4.79. The van der Waals surface area contributed by atoms with Gasteiger partial charge in [-0.3, -0.25) is 0 Å². The van der Waals surface area contributed by atoms with Crippen molar-refractivity contribution in [2.45, 2.75) is 45.5 Å². The maximum atomic E-state index is 13.6. The van der Waals surface area contributed by atoms with Gasteiger partial charge in [0.2, 0.25) is 0 Å². The van der Waals surface area contributed by atoms with Crippen molar-refractivity contribution in [1.82, 2.24) is 0 Å². The van der Waals surface area contributed by atoms with E-state index in [1.165, 1.54) is 11.1 Å². The second-order valence-corrected chi connectivity index (χ2v) is 5.01. The van der Waals surface area contributed by atoms with E-state index >= 15 is 0 Å². The lowest BCUT2D eigenvalue weighted by Gasteiger charge is -2.36. The van der Waals surface area contributed by atoms with Crippen molar-refractivity contribution in [3.05, 3.63) is 29.3 Å². The highest BCUT2D eigenvalue weighted by atomic mass is 19.3. The van der Waals surface area contributed by atoms with Crippen LogP contribution in [-0.2, 0) is 12.8 Å². The van der Waals surface area contributed by atoms with Crippen molar-refractivity contribution < 1.29 is 8.78 Å². The normalized spacial score (nSPS) is 19.0. The fourth-order valence-corrected chi connectivity index (χ4v) is 2.78. The van der Waals surface area contributed by atoms with Gasteiger partial charge in [-0.15, -0.1) is 0 Å². The minimum atomic E-state index is -2.54. The van der Waals surface area contributed by atoms with Gasteiger partial charge in [0.05, 0.1) is 6.54 Å². The third-order valence-corrected chi connectivity index (χ3v) is 3.67. The summed E-state index contributed by atoms with van der Waals surface area (Å²) in [6.07, 6.45) is 2.39. The summed E-state index contributed by atoms with van der Waals surface area (Å²) < 4.78 is 27.1. The number of piperidine rings is 1. The van der Waals surface area contributed by atoms with Crippen molar-refractivity contribution in [3.8, 4) is 0 Å². The molecule has 0 amide bonds. The SMILES string of the molecule is CCc1cccc(CC)c1N1CCCC(F)(F)C1. The van der Waals surface area contributed by atoms with Crippen molar-refractivity contribution in [3.63, 3.8) is 0 Å². The first-order valence-electron chi connectivity index (χ1n) is 6.81. The zero-order valence-electron chi connectivity index (χ0n) is 11.2. The Bertz CT molecular complexity index is 393. The van der Waals surface area contributed by atoms with Gasteiger partial charge in [0.25, 0.3) is 5.92 Å². The molecular weight excluding hydrogens is 232 g/mol. The Hall–Kier alpha value is -1.12. The van der Waals surface area contributed by atoms with Crippen LogP contribution >= 0.6 is 0 Å². The summed E-state index contributed by atoms with van der Waals surface area (Å²) in [4.78, 5) is 1.89. The Balaban J connectivity index is 2.36. The number of para-hydroxylation sites is 1. The molecule has 1 nitrogen and oxygen atoms in total. The average molecular weight is 253 g/mol. The predicted molar refractivity (Wildman–Crippen MR) is 71.6 cm³/mol. The number of nitrogens with zero attached hydrogens (tertiary/aromatic N) is 1. The van der Waals surface area contributed by atoms with Crippen molar-refractivity contribution in [1.29, 1.82) is 0 Å². The minimum absolute atomic E-state index is 0.0270. The average Bonchev–Trinajstić information content (AvgIpc) is 2.36. The summed E-state index contributed by atoms with van der Waals surface area (Å²) in [5.74, 6) is -2.54. The topological polar surface area (TPSA) is 3.24 Å². The Kier molecular flexibility index (Phi) is 3.88. The standard InChI is InChI=1S/C15H21F2N/c1-3-12-7-5-8-13(4-2)14(12)18-10-6-9-15(16,17)11-18/h5,7-8H,3-4,6,9-11H2,1-2H3. The molecule has 3 heteroatoms. The molecule has 18 heavy (non-hydrogen) atoms. The summed E-state index contributed by atoms with van der Waals surface area (Å²) >= 11 is 0. The molecule has 1 fully saturated rings. The largest absolute Gasteiger partial charge is 0.365 e. The van der Waals surface area contributed by atoms with Crippen LogP contribution in [0.3, 0.4) is 0 Å². The smallest absolute Gasteiger partial charge is 0.265 e. The van der Waals surface area contributed by atoms with E-state index < -0.39 is 5.92 Å². The molecule has 2 rings (SSSR count). The van der Waals surface area contributed by atoms with Crippen LogP contribution in [0.15, 0.2) is 18.2 Å². The van der Waals surface area contributed by atoms with Gasteiger partial charge in [-0.1, -0.05) is 32.0 Å². The highest BCUT2D eigenvalue weighted by Gasteiger charge is 2.36. The first-order valence-corrected chi connectivity index (χ1v) is 6.81. The molecule has 0 spiro atoms. The minimum Gasteiger partial charge on any atom is -0.365 e. The third kappa shape index (κ3) is 2.65. The number of benzene rings is 1. The van der Waals surface area contributed by atoms with Gasteiger partial charge in [0, 0.05) is 18.7 Å². The molecule has 100 valence electrons. The van der Waals surface area contributed by atoms with Gasteiger partial charge in [-0.2, -0.15) is 0 Å². The quantitative estimate of drug-likeness (QED) is 0.785.